The van der Waals surface area contributed by atoms with Gasteiger partial charge >= 0.3 is 12.1 Å². The summed E-state index contributed by atoms with van der Waals surface area (Å²) in [5, 5.41) is 11.9. The van der Waals surface area contributed by atoms with E-state index in [0.29, 0.717) is 44.2 Å². The molecule has 0 fully saturated rings. The molecule has 3 rings (SSSR count). The van der Waals surface area contributed by atoms with E-state index in [1.165, 1.54) is 0 Å². The molecule has 0 aliphatic carbocycles. The van der Waals surface area contributed by atoms with Gasteiger partial charge in [0.1, 0.15) is 23.7 Å². The van der Waals surface area contributed by atoms with E-state index in [0.717, 1.165) is 16.9 Å². The molecule has 38 heavy (non-hydrogen) atoms. The van der Waals surface area contributed by atoms with Gasteiger partial charge in [-0.1, -0.05) is 60.7 Å². The number of rotatable bonds is 13. The van der Waals surface area contributed by atoms with E-state index in [2.05, 4.69) is 5.32 Å². The van der Waals surface area contributed by atoms with Crippen molar-refractivity contribution < 1.29 is 33.6 Å². The quantitative estimate of drug-likeness (QED) is 0.270. The summed E-state index contributed by atoms with van der Waals surface area (Å²) in [6, 6.07) is 23.1. The number of carboxylic acids is 1. The molecule has 1 atom stereocenters. The lowest BCUT2D eigenvalue weighted by atomic mass is 10.1. The Balaban J connectivity index is 1.40. The number of ether oxygens (including phenoxy) is 4. The summed E-state index contributed by atoms with van der Waals surface area (Å²) >= 11 is 0. The molecule has 1 unspecified atom stereocenters. The minimum absolute atomic E-state index is 0.409. The number of benzene rings is 3. The van der Waals surface area contributed by atoms with Gasteiger partial charge in [0.15, 0.2) is 6.04 Å². The molecule has 3 aromatic rings. The number of nitrogens with one attached hydrogen (secondary N) is 1. The van der Waals surface area contributed by atoms with Gasteiger partial charge in [0.05, 0.1) is 19.8 Å². The molecular weight excluding hydrogens is 486 g/mol. The maximum absolute atomic E-state index is 12.0. The monoisotopic (exact) mass is 521 g/mol. The molecule has 0 saturated carbocycles. The maximum atomic E-state index is 12.0. The zero-order valence-corrected chi connectivity index (χ0v) is 22.0. The molecule has 0 saturated heterocycles. The van der Waals surface area contributed by atoms with Crippen LogP contribution in [0.1, 0.15) is 49.9 Å². The average Bonchev–Trinajstić information content (AvgIpc) is 2.88. The lowest BCUT2D eigenvalue weighted by molar-refractivity contribution is -0.139. The molecule has 202 valence electrons. The first kappa shape index (κ1) is 28.5. The van der Waals surface area contributed by atoms with Crippen LogP contribution >= 0.6 is 0 Å². The molecule has 0 aliphatic rings. The number of hydrogen-bond acceptors (Lipinski definition) is 6. The average molecular weight is 522 g/mol. The van der Waals surface area contributed by atoms with Gasteiger partial charge in [0.25, 0.3) is 0 Å². The van der Waals surface area contributed by atoms with Crippen molar-refractivity contribution in [3.8, 4) is 11.5 Å². The van der Waals surface area contributed by atoms with Crippen LogP contribution in [0.25, 0.3) is 0 Å². The Morgan fingerprint density at radius 1 is 0.842 bits per heavy atom. The molecule has 1 amide bonds. The summed E-state index contributed by atoms with van der Waals surface area (Å²) in [6.07, 6.45) is -0.122. The van der Waals surface area contributed by atoms with Gasteiger partial charge in [-0.3, -0.25) is 0 Å². The minimum Gasteiger partial charge on any atom is -0.494 e. The fourth-order valence-electron chi connectivity index (χ4n) is 3.50. The van der Waals surface area contributed by atoms with Gasteiger partial charge in [-0.2, -0.15) is 0 Å². The van der Waals surface area contributed by atoms with Gasteiger partial charge < -0.3 is 29.4 Å². The molecule has 0 aromatic heterocycles. The van der Waals surface area contributed by atoms with Crippen molar-refractivity contribution in [2.45, 2.75) is 52.0 Å². The molecule has 0 heterocycles. The molecule has 2 N–H and O–H groups in total. The molecule has 3 aromatic carbocycles. The Kier molecular flexibility index (Phi) is 10.5. The first-order chi connectivity index (χ1) is 18.2. The third-order valence-electron chi connectivity index (χ3n) is 5.29. The number of carbonyl (C=O) groups excluding carboxylic acids is 1. The van der Waals surface area contributed by atoms with Crippen molar-refractivity contribution in [2.24, 2.45) is 0 Å². The van der Waals surface area contributed by atoms with Gasteiger partial charge in [0, 0.05) is 12.0 Å². The predicted octanol–water partition coefficient (Wildman–Crippen LogP) is 5.90. The second kappa shape index (κ2) is 14.0. The number of aliphatic carboxylic acids is 1. The Hall–Kier alpha value is -4.04. The highest BCUT2D eigenvalue weighted by Gasteiger charge is 2.25. The second-order valence-electron chi connectivity index (χ2n) is 9.62. The van der Waals surface area contributed by atoms with E-state index >= 15 is 0 Å². The molecule has 8 heteroatoms. The number of hydrogen-bond donors (Lipinski definition) is 2. The lowest BCUT2D eigenvalue weighted by Gasteiger charge is -2.22. The van der Waals surface area contributed by atoms with Crippen molar-refractivity contribution >= 4 is 12.1 Å². The third kappa shape index (κ3) is 9.78. The normalized spacial score (nSPS) is 11.9. The first-order valence-corrected chi connectivity index (χ1v) is 12.5. The standard InChI is InChI=1S/C30H35NO7/c1-30(2,3)38-29(34)31-27(28(32)33)23-14-16-25(17-15-23)36-19-9-18-35-21-24-12-7-8-13-26(24)37-20-22-10-5-4-6-11-22/h4-8,10-17,27H,9,18-21H2,1-3H3,(H,31,34)(H,32,33). The van der Waals surface area contributed by atoms with E-state index in [1.807, 2.05) is 54.6 Å². The summed E-state index contributed by atoms with van der Waals surface area (Å²) in [6.45, 7) is 6.99. The van der Waals surface area contributed by atoms with E-state index < -0.39 is 23.7 Å². The number of carbonyl (C=O) groups is 2. The van der Waals surface area contributed by atoms with Crippen LogP contribution in [0.4, 0.5) is 4.79 Å². The van der Waals surface area contributed by atoms with Crippen LogP contribution in [0.15, 0.2) is 78.9 Å². The highest BCUT2D eigenvalue weighted by Crippen LogP contribution is 2.21. The fourth-order valence-corrected chi connectivity index (χ4v) is 3.50. The van der Waals surface area contributed by atoms with Crippen LogP contribution in [-0.4, -0.2) is 36.0 Å². The van der Waals surface area contributed by atoms with Crippen molar-refractivity contribution in [1.29, 1.82) is 0 Å². The van der Waals surface area contributed by atoms with Gasteiger partial charge in [0.2, 0.25) is 0 Å². The number of carboxylic acid groups (broad SMARTS) is 1. The van der Waals surface area contributed by atoms with Crippen LogP contribution < -0.4 is 14.8 Å². The van der Waals surface area contributed by atoms with Crippen LogP contribution in [0, 0.1) is 0 Å². The number of alkyl carbamates (subject to hydrolysis) is 1. The van der Waals surface area contributed by atoms with E-state index in [1.54, 1.807) is 45.0 Å². The minimum atomic E-state index is -1.23. The Bertz CT molecular complexity index is 1160. The predicted molar refractivity (Wildman–Crippen MR) is 143 cm³/mol. The van der Waals surface area contributed by atoms with Crippen molar-refractivity contribution in [3.05, 3.63) is 95.6 Å². The summed E-state index contributed by atoms with van der Waals surface area (Å²) < 4.78 is 22.7. The zero-order chi connectivity index (χ0) is 27.4. The van der Waals surface area contributed by atoms with Crippen LogP contribution in [0.3, 0.4) is 0 Å². The largest absolute Gasteiger partial charge is 0.494 e. The Labute approximate surface area is 223 Å². The first-order valence-electron chi connectivity index (χ1n) is 12.5. The highest BCUT2D eigenvalue weighted by molar-refractivity contribution is 5.81. The smallest absolute Gasteiger partial charge is 0.408 e. The maximum Gasteiger partial charge on any atom is 0.408 e. The Morgan fingerprint density at radius 2 is 1.53 bits per heavy atom. The zero-order valence-electron chi connectivity index (χ0n) is 22.0. The fraction of sp³-hybridized carbons (Fsp3) is 0.333. The molecule has 8 nitrogen and oxygen atoms in total. The lowest BCUT2D eigenvalue weighted by Crippen LogP contribution is -2.38. The second-order valence-corrected chi connectivity index (χ2v) is 9.62. The van der Waals surface area contributed by atoms with Crippen LogP contribution in [0.5, 0.6) is 11.5 Å². The summed E-state index contributed by atoms with van der Waals surface area (Å²) in [5.41, 5.74) is 1.76. The summed E-state index contributed by atoms with van der Waals surface area (Å²) in [5.74, 6) is 0.206. The van der Waals surface area contributed by atoms with Crippen LogP contribution in [-0.2, 0) is 27.5 Å². The van der Waals surface area contributed by atoms with E-state index in [-0.39, 0.29) is 0 Å². The molecular formula is C30H35NO7. The third-order valence-corrected chi connectivity index (χ3v) is 5.29. The SMILES string of the molecule is CC(C)(C)OC(=O)NC(C(=O)O)c1ccc(OCCCOCc2ccccc2OCc2ccccc2)cc1. The molecule has 0 bridgehead atoms. The van der Waals surface area contributed by atoms with Crippen molar-refractivity contribution in [2.75, 3.05) is 13.2 Å². The van der Waals surface area contributed by atoms with Crippen molar-refractivity contribution in [3.63, 3.8) is 0 Å². The topological polar surface area (TPSA) is 103 Å². The molecule has 0 radical (unpaired) electrons. The van der Waals surface area contributed by atoms with E-state index in [9.17, 15) is 14.7 Å². The number of amides is 1. The summed E-state index contributed by atoms with van der Waals surface area (Å²) in [7, 11) is 0. The number of para-hydroxylation sites is 1. The van der Waals surface area contributed by atoms with Gasteiger partial charge in [-0.15, -0.1) is 0 Å². The highest BCUT2D eigenvalue weighted by atomic mass is 16.6. The van der Waals surface area contributed by atoms with Crippen LogP contribution in [0.2, 0.25) is 0 Å². The Morgan fingerprint density at radius 3 is 2.21 bits per heavy atom. The molecule has 0 aliphatic heterocycles. The molecule has 0 spiro atoms. The summed E-state index contributed by atoms with van der Waals surface area (Å²) in [4.78, 5) is 23.7. The van der Waals surface area contributed by atoms with Gasteiger partial charge in [-0.05, 0) is 50.1 Å². The van der Waals surface area contributed by atoms with Gasteiger partial charge in [-0.25, -0.2) is 9.59 Å². The van der Waals surface area contributed by atoms with Crippen molar-refractivity contribution in [1.82, 2.24) is 5.32 Å². The van der Waals surface area contributed by atoms with E-state index in [4.69, 9.17) is 18.9 Å².